The van der Waals surface area contributed by atoms with E-state index in [0.717, 1.165) is 12.8 Å². The molecular weight excluding hydrogens is 168 g/mol. The van der Waals surface area contributed by atoms with Gasteiger partial charge in [-0.15, -0.1) is 0 Å². The summed E-state index contributed by atoms with van der Waals surface area (Å²) in [5.74, 6) is 1.12. The van der Waals surface area contributed by atoms with Crippen molar-refractivity contribution in [3.63, 3.8) is 0 Å². The van der Waals surface area contributed by atoms with E-state index in [1.165, 1.54) is 0 Å². The van der Waals surface area contributed by atoms with E-state index in [2.05, 4.69) is 12.2 Å². The first kappa shape index (κ1) is 7.56. The Morgan fingerprint density at radius 2 is 2.23 bits per heavy atom. The lowest BCUT2D eigenvalue weighted by Crippen LogP contribution is -2.22. The molecule has 0 amide bonds. The van der Waals surface area contributed by atoms with Crippen LogP contribution in [-0.4, -0.2) is 18.9 Å². The van der Waals surface area contributed by atoms with Crippen LogP contribution in [0.25, 0.3) is 0 Å². The van der Waals surface area contributed by atoms with Crippen molar-refractivity contribution in [2.45, 2.75) is 19.1 Å². The molecule has 4 atom stereocenters. The van der Waals surface area contributed by atoms with Gasteiger partial charge in [0.1, 0.15) is 6.61 Å². The summed E-state index contributed by atoms with van der Waals surface area (Å²) in [6.07, 6.45) is 6.28. The van der Waals surface area contributed by atoms with Gasteiger partial charge in [-0.3, -0.25) is 4.79 Å². The van der Waals surface area contributed by atoms with E-state index in [1.807, 2.05) is 0 Å². The van der Waals surface area contributed by atoms with Gasteiger partial charge in [-0.25, -0.2) is 0 Å². The van der Waals surface area contributed by atoms with Gasteiger partial charge in [-0.1, -0.05) is 12.2 Å². The van der Waals surface area contributed by atoms with Crippen molar-refractivity contribution in [2.24, 2.45) is 17.8 Å². The van der Waals surface area contributed by atoms with Gasteiger partial charge in [0.05, 0.1) is 5.92 Å². The summed E-state index contributed by atoms with van der Waals surface area (Å²) in [4.78, 5) is 11.5. The molecule has 3 aliphatic rings. The molecule has 2 bridgehead atoms. The van der Waals surface area contributed by atoms with Gasteiger partial charge in [0.15, 0.2) is 0 Å². The van der Waals surface area contributed by atoms with Crippen LogP contribution >= 0.6 is 0 Å². The Hall–Kier alpha value is -0.830. The highest BCUT2D eigenvalue weighted by atomic mass is 16.8. The van der Waals surface area contributed by atoms with E-state index in [0.29, 0.717) is 18.4 Å². The molecule has 0 aromatic heterocycles. The van der Waals surface area contributed by atoms with Crippen molar-refractivity contribution < 1.29 is 14.3 Å². The maximum atomic E-state index is 11.5. The summed E-state index contributed by atoms with van der Waals surface area (Å²) in [6, 6.07) is 0. The molecule has 1 saturated heterocycles. The second kappa shape index (κ2) is 2.58. The molecular formula is C10H12O3. The average molecular weight is 180 g/mol. The molecule has 13 heavy (non-hydrogen) atoms. The summed E-state index contributed by atoms with van der Waals surface area (Å²) in [5, 5.41) is 0. The smallest absolute Gasteiger partial charge is 0.311 e. The van der Waals surface area contributed by atoms with Gasteiger partial charge in [0, 0.05) is 0 Å². The van der Waals surface area contributed by atoms with Gasteiger partial charge >= 0.3 is 5.97 Å². The molecule has 2 aliphatic carbocycles. The summed E-state index contributed by atoms with van der Waals surface area (Å²) >= 11 is 0. The van der Waals surface area contributed by atoms with E-state index in [4.69, 9.17) is 9.47 Å². The summed E-state index contributed by atoms with van der Waals surface area (Å²) in [5.41, 5.74) is 0. The Kier molecular flexibility index (Phi) is 1.50. The molecule has 0 radical (unpaired) electrons. The third kappa shape index (κ3) is 1.27. The quantitative estimate of drug-likeness (QED) is 0.363. The van der Waals surface area contributed by atoms with Crippen molar-refractivity contribution in [1.82, 2.24) is 0 Å². The maximum absolute atomic E-state index is 11.5. The normalized spacial score (nSPS) is 45.2. The van der Waals surface area contributed by atoms with Crippen LogP contribution in [0.4, 0.5) is 0 Å². The summed E-state index contributed by atoms with van der Waals surface area (Å²) in [6.45, 7) is 0.586. The number of hydrogen-bond acceptors (Lipinski definition) is 3. The minimum atomic E-state index is -0.226. The molecule has 0 N–H and O–H groups in total. The van der Waals surface area contributed by atoms with Crippen LogP contribution in [0.15, 0.2) is 12.2 Å². The molecule has 1 saturated carbocycles. The van der Waals surface area contributed by atoms with Crippen molar-refractivity contribution in [3.8, 4) is 0 Å². The molecule has 70 valence electrons. The van der Waals surface area contributed by atoms with Crippen molar-refractivity contribution in [3.05, 3.63) is 12.2 Å². The van der Waals surface area contributed by atoms with Crippen molar-refractivity contribution >= 4 is 5.97 Å². The summed E-state index contributed by atoms with van der Waals surface area (Å²) in [7, 11) is 0. The fraction of sp³-hybridized carbons (Fsp3) is 0.700. The second-order valence-electron chi connectivity index (χ2n) is 4.09. The van der Waals surface area contributed by atoms with Gasteiger partial charge in [-0.2, -0.15) is 0 Å². The predicted octanol–water partition coefficient (Wildman–Crippen LogP) is 1.10. The zero-order chi connectivity index (χ0) is 8.84. The molecule has 1 heterocycles. The molecule has 4 unspecified atom stereocenters. The molecule has 3 nitrogen and oxygen atoms in total. The van der Waals surface area contributed by atoms with E-state index in [9.17, 15) is 4.79 Å². The van der Waals surface area contributed by atoms with E-state index < -0.39 is 0 Å². The SMILES string of the molecule is O=C(OC1CO1)C1CC2C=CC1C2. The number of fused-ring (bicyclic) bond motifs is 2. The second-order valence-corrected chi connectivity index (χ2v) is 4.09. The van der Waals surface area contributed by atoms with Crippen LogP contribution in [0.5, 0.6) is 0 Å². The van der Waals surface area contributed by atoms with Crippen molar-refractivity contribution in [2.75, 3.05) is 6.61 Å². The average Bonchev–Trinajstić information content (AvgIpc) is 2.71. The Labute approximate surface area is 76.7 Å². The lowest BCUT2D eigenvalue weighted by molar-refractivity contribution is -0.154. The number of carbonyl (C=O) groups is 1. The van der Waals surface area contributed by atoms with Crippen LogP contribution in [0.2, 0.25) is 0 Å². The molecule has 1 aliphatic heterocycles. The summed E-state index contributed by atoms with van der Waals surface area (Å²) < 4.78 is 9.96. The Balaban J connectivity index is 1.65. The van der Waals surface area contributed by atoms with E-state index in [1.54, 1.807) is 0 Å². The minimum Gasteiger partial charge on any atom is -0.433 e. The van der Waals surface area contributed by atoms with E-state index >= 15 is 0 Å². The number of allylic oxidation sites excluding steroid dienone is 2. The van der Waals surface area contributed by atoms with Gasteiger partial charge in [0.25, 0.3) is 0 Å². The van der Waals surface area contributed by atoms with E-state index in [-0.39, 0.29) is 18.2 Å². The molecule has 3 rings (SSSR count). The van der Waals surface area contributed by atoms with Gasteiger partial charge < -0.3 is 9.47 Å². The van der Waals surface area contributed by atoms with Crippen LogP contribution in [0, 0.1) is 17.8 Å². The monoisotopic (exact) mass is 180 g/mol. The predicted molar refractivity (Wildman–Crippen MR) is 44.7 cm³/mol. The first-order valence-corrected chi connectivity index (χ1v) is 4.83. The highest BCUT2D eigenvalue weighted by Gasteiger charge is 2.42. The highest BCUT2D eigenvalue weighted by Crippen LogP contribution is 2.44. The lowest BCUT2D eigenvalue weighted by atomic mass is 9.94. The highest BCUT2D eigenvalue weighted by molar-refractivity contribution is 5.74. The zero-order valence-electron chi connectivity index (χ0n) is 7.31. The third-order valence-corrected chi connectivity index (χ3v) is 3.13. The fourth-order valence-corrected chi connectivity index (χ4v) is 2.38. The number of hydrogen-bond donors (Lipinski definition) is 0. The zero-order valence-corrected chi connectivity index (χ0v) is 7.31. The molecule has 3 heteroatoms. The standard InChI is InChI=1S/C10H12O3/c11-10(13-9-5-12-9)8-4-6-1-2-7(8)3-6/h1-2,6-9H,3-5H2. The third-order valence-electron chi connectivity index (χ3n) is 3.13. The molecule has 2 fully saturated rings. The van der Waals surface area contributed by atoms with Crippen LogP contribution < -0.4 is 0 Å². The van der Waals surface area contributed by atoms with Crippen LogP contribution in [0.3, 0.4) is 0 Å². The number of epoxide rings is 1. The molecule has 0 aromatic rings. The number of rotatable bonds is 2. The number of ether oxygens (including phenoxy) is 2. The largest absolute Gasteiger partial charge is 0.433 e. The Morgan fingerprint density at radius 1 is 1.38 bits per heavy atom. The van der Waals surface area contributed by atoms with Crippen LogP contribution in [-0.2, 0) is 14.3 Å². The lowest BCUT2D eigenvalue weighted by Gasteiger charge is -2.15. The van der Waals surface area contributed by atoms with Crippen LogP contribution in [0.1, 0.15) is 12.8 Å². The van der Waals surface area contributed by atoms with Crippen molar-refractivity contribution in [1.29, 1.82) is 0 Å². The topological polar surface area (TPSA) is 38.8 Å². The molecule has 0 aromatic carbocycles. The number of carbonyl (C=O) groups excluding carboxylic acids is 1. The maximum Gasteiger partial charge on any atom is 0.311 e. The van der Waals surface area contributed by atoms with Gasteiger partial charge in [-0.05, 0) is 24.7 Å². The Bertz CT molecular complexity index is 267. The van der Waals surface area contributed by atoms with Gasteiger partial charge in [0.2, 0.25) is 6.29 Å². The fourth-order valence-electron chi connectivity index (χ4n) is 2.38. The first-order valence-electron chi connectivity index (χ1n) is 4.83. The first-order chi connectivity index (χ1) is 6.33. The number of esters is 1. The minimum absolute atomic E-state index is 0.0562. The Morgan fingerprint density at radius 3 is 2.77 bits per heavy atom. The molecule has 0 spiro atoms.